The maximum Gasteiger partial charge on any atom is 0.343 e. The summed E-state index contributed by atoms with van der Waals surface area (Å²) < 4.78 is 0. The molecule has 0 bridgehead atoms. The molecule has 4 nitrogen and oxygen atoms in total. The van der Waals surface area contributed by atoms with E-state index in [9.17, 15) is 15.0 Å². The molecule has 3 N–H and O–H groups in total. The number of rotatable bonds is 4. The fourth-order valence-electron chi connectivity index (χ4n) is 1.97. The largest absolute Gasteiger partial charge is 0.507 e. The van der Waals surface area contributed by atoms with Crippen molar-refractivity contribution in [3.05, 3.63) is 59.2 Å². The van der Waals surface area contributed by atoms with Crippen LogP contribution in [0.15, 0.2) is 42.5 Å². The molecular formula is C15H14O4. The third kappa shape index (κ3) is 3.04. The molecule has 0 saturated carbocycles. The summed E-state index contributed by atoms with van der Waals surface area (Å²) in [4.78, 5) is 10.8. The highest BCUT2D eigenvalue weighted by atomic mass is 16.4. The number of hydrogen-bond donors (Lipinski definition) is 3. The van der Waals surface area contributed by atoms with Crippen molar-refractivity contribution in [2.24, 2.45) is 0 Å². The average molecular weight is 258 g/mol. The molecule has 2 aromatic carbocycles. The van der Waals surface area contributed by atoms with Gasteiger partial charge in [0.15, 0.2) is 0 Å². The van der Waals surface area contributed by atoms with Crippen LogP contribution in [0, 0.1) is 0 Å². The molecule has 98 valence electrons. The first-order chi connectivity index (χ1) is 9.08. The molecule has 2 aromatic rings. The lowest BCUT2D eigenvalue weighted by Crippen LogP contribution is -1.99. The van der Waals surface area contributed by atoms with E-state index < -0.39 is 23.0 Å². The fraction of sp³-hybridized carbons (Fsp3) is 0.133. The monoisotopic (exact) mass is 258 g/mol. The van der Waals surface area contributed by atoms with Crippen molar-refractivity contribution in [3.63, 3.8) is 0 Å². The molecule has 0 fully saturated rings. The highest BCUT2D eigenvalue weighted by molar-refractivity contribution is 5.94. The number of aromatic carboxylic acids is 1. The van der Waals surface area contributed by atoms with Crippen LogP contribution in [0.2, 0.25) is 0 Å². The van der Waals surface area contributed by atoms with Crippen molar-refractivity contribution in [3.8, 4) is 11.5 Å². The third-order valence-corrected chi connectivity index (χ3v) is 2.92. The van der Waals surface area contributed by atoms with Crippen LogP contribution in [0.5, 0.6) is 11.5 Å². The molecule has 0 aromatic heterocycles. The minimum atomic E-state index is -1.34. The fourth-order valence-corrected chi connectivity index (χ4v) is 1.97. The Morgan fingerprint density at radius 3 is 1.95 bits per heavy atom. The van der Waals surface area contributed by atoms with Gasteiger partial charge in [0.1, 0.15) is 17.1 Å². The second-order valence-electron chi connectivity index (χ2n) is 4.30. The van der Waals surface area contributed by atoms with Crippen LogP contribution in [0.1, 0.15) is 21.5 Å². The zero-order chi connectivity index (χ0) is 13.8. The molecule has 0 unspecified atom stereocenters. The maximum atomic E-state index is 10.8. The van der Waals surface area contributed by atoms with Crippen molar-refractivity contribution in [1.29, 1.82) is 0 Å². The van der Waals surface area contributed by atoms with Gasteiger partial charge in [0.05, 0.1) is 0 Å². The van der Waals surface area contributed by atoms with Gasteiger partial charge < -0.3 is 15.3 Å². The van der Waals surface area contributed by atoms with E-state index in [0.29, 0.717) is 12.0 Å². The van der Waals surface area contributed by atoms with Crippen LogP contribution >= 0.6 is 0 Å². The zero-order valence-corrected chi connectivity index (χ0v) is 10.2. The van der Waals surface area contributed by atoms with E-state index in [-0.39, 0.29) is 0 Å². The lowest BCUT2D eigenvalue weighted by atomic mass is 10.0. The van der Waals surface area contributed by atoms with Gasteiger partial charge in [0.2, 0.25) is 0 Å². The molecule has 19 heavy (non-hydrogen) atoms. The summed E-state index contributed by atoms with van der Waals surface area (Å²) in [5, 5.41) is 28.0. The quantitative estimate of drug-likeness (QED) is 0.787. The molecule has 2 rings (SSSR count). The van der Waals surface area contributed by atoms with Crippen LogP contribution in [-0.4, -0.2) is 21.3 Å². The molecular weight excluding hydrogens is 244 g/mol. The van der Waals surface area contributed by atoms with E-state index >= 15 is 0 Å². The van der Waals surface area contributed by atoms with E-state index in [4.69, 9.17) is 5.11 Å². The summed E-state index contributed by atoms with van der Waals surface area (Å²) in [7, 11) is 0. The number of carboxylic acids is 1. The minimum absolute atomic E-state index is 0.407. The molecule has 0 radical (unpaired) electrons. The number of carbonyl (C=O) groups is 1. The Morgan fingerprint density at radius 2 is 1.42 bits per heavy atom. The summed E-state index contributed by atoms with van der Waals surface area (Å²) in [6.45, 7) is 0. The van der Waals surface area contributed by atoms with Crippen molar-refractivity contribution in [2.45, 2.75) is 12.8 Å². The Balaban J connectivity index is 2.16. The summed E-state index contributed by atoms with van der Waals surface area (Å²) in [5.41, 5.74) is 1.39. The molecule has 0 atom stereocenters. The summed E-state index contributed by atoms with van der Waals surface area (Å²) in [6.07, 6.45) is 1.37. The average Bonchev–Trinajstić information content (AvgIpc) is 2.36. The van der Waals surface area contributed by atoms with Crippen molar-refractivity contribution < 1.29 is 20.1 Å². The van der Waals surface area contributed by atoms with Crippen LogP contribution < -0.4 is 0 Å². The Bertz CT molecular complexity index is 567. The smallest absolute Gasteiger partial charge is 0.343 e. The van der Waals surface area contributed by atoms with E-state index in [1.807, 2.05) is 30.3 Å². The van der Waals surface area contributed by atoms with Gasteiger partial charge in [-0.2, -0.15) is 0 Å². The molecule has 0 spiro atoms. The summed E-state index contributed by atoms with van der Waals surface area (Å²) >= 11 is 0. The number of aryl methyl sites for hydroxylation is 2. The van der Waals surface area contributed by atoms with Gasteiger partial charge in [-0.15, -0.1) is 0 Å². The molecule has 0 aliphatic carbocycles. The molecule has 0 heterocycles. The van der Waals surface area contributed by atoms with Gasteiger partial charge in [-0.3, -0.25) is 0 Å². The second-order valence-corrected chi connectivity index (χ2v) is 4.30. The number of hydrogen-bond acceptors (Lipinski definition) is 3. The number of aromatic hydroxyl groups is 2. The van der Waals surface area contributed by atoms with E-state index in [2.05, 4.69) is 0 Å². The Morgan fingerprint density at radius 1 is 0.895 bits per heavy atom. The Kier molecular flexibility index (Phi) is 3.71. The lowest BCUT2D eigenvalue weighted by Gasteiger charge is -2.07. The van der Waals surface area contributed by atoms with Gasteiger partial charge >= 0.3 is 5.97 Å². The molecule has 4 heteroatoms. The highest BCUT2D eigenvalue weighted by Crippen LogP contribution is 2.29. The van der Waals surface area contributed by atoms with E-state index in [1.54, 1.807) is 0 Å². The van der Waals surface area contributed by atoms with Gasteiger partial charge in [-0.1, -0.05) is 30.3 Å². The van der Waals surface area contributed by atoms with Crippen LogP contribution in [0.25, 0.3) is 0 Å². The van der Waals surface area contributed by atoms with Crippen LogP contribution in [0.4, 0.5) is 0 Å². The van der Waals surface area contributed by atoms with Crippen molar-refractivity contribution >= 4 is 5.97 Å². The standard InChI is InChI=1S/C15H14O4/c16-12-8-11(9-13(17)14(12)15(18)19)7-6-10-4-2-1-3-5-10/h1-5,8-9,16-17H,6-7H2,(H,18,19). The Hall–Kier alpha value is -2.49. The Labute approximate surface area is 110 Å². The molecule has 0 amide bonds. The van der Waals surface area contributed by atoms with Crippen LogP contribution in [-0.2, 0) is 12.8 Å². The second kappa shape index (κ2) is 5.44. The van der Waals surface area contributed by atoms with E-state index in [0.717, 1.165) is 12.0 Å². The van der Waals surface area contributed by atoms with Crippen LogP contribution in [0.3, 0.4) is 0 Å². The third-order valence-electron chi connectivity index (χ3n) is 2.92. The van der Waals surface area contributed by atoms with Gasteiger partial charge in [0.25, 0.3) is 0 Å². The van der Waals surface area contributed by atoms with Gasteiger partial charge in [-0.25, -0.2) is 4.79 Å². The number of phenols is 2. The molecule has 0 saturated heterocycles. The lowest BCUT2D eigenvalue weighted by molar-refractivity contribution is 0.0690. The predicted molar refractivity (Wildman–Crippen MR) is 70.6 cm³/mol. The molecule has 0 aliphatic rings. The van der Waals surface area contributed by atoms with Gasteiger partial charge in [-0.05, 0) is 36.1 Å². The normalized spacial score (nSPS) is 10.3. The van der Waals surface area contributed by atoms with Crippen molar-refractivity contribution in [2.75, 3.05) is 0 Å². The van der Waals surface area contributed by atoms with Gasteiger partial charge in [0, 0.05) is 0 Å². The van der Waals surface area contributed by atoms with Crippen molar-refractivity contribution in [1.82, 2.24) is 0 Å². The zero-order valence-electron chi connectivity index (χ0n) is 10.2. The first-order valence-corrected chi connectivity index (χ1v) is 5.90. The number of benzene rings is 2. The first kappa shape index (κ1) is 13.0. The molecule has 0 aliphatic heterocycles. The maximum absolute atomic E-state index is 10.8. The summed E-state index contributed by atoms with van der Waals surface area (Å²) in [6, 6.07) is 12.6. The van der Waals surface area contributed by atoms with E-state index in [1.165, 1.54) is 12.1 Å². The SMILES string of the molecule is O=C(O)c1c(O)cc(CCc2ccccc2)cc1O. The minimum Gasteiger partial charge on any atom is -0.507 e. The summed E-state index contributed by atoms with van der Waals surface area (Å²) in [5.74, 6) is -2.16. The predicted octanol–water partition coefficient (Wildman–Crippen LogP) is 2.58. The first-order valence-electron chi connectivity index (χ1n) is 5.90. The topological polar surface area (TPSA) is 77.8 Å². The number of carboxylic acid groups (broad SMARTS) is 1. The highest BCUT2D eigenvalue weighted by Gasteiger charge is 2.16.